The molecular weight excluding hydrogens is 230 g/mol. The number of thiophene rings is 1. The standard InChI is InChI=1S/C11H10ClNOS/c12-11(14)13-6-5-8-7-15-10-4-2-1-3-9(8)10/h1-4,7H,5-6H2,(H,13,14). The van der Waals surface area contributed by atoms with E-state index in [-0.39, 0.29) is 0 Å². The van der Waals surface area contributed by atoms with Gasteiger partial charge in [-0.3, -0.25) is 4.79 Å². The van der Waals surface area contributed by atoms with E-state index in [1.54, 1.807) is 11.3 Å². The van der Waals surface area contributed by atoms with E-state index >= 15 is 0 Å². The molecule has 2 nitrogen and oxygen atoms in total. The second-order valence-electron chi connectivity index (χ2n) is 3.21. The Morgan fingerprint density at radius 2 is 2.20 bits per heavy atom. The van der Waals surface area contributed by atoms with Crippen molar-refractivity contribution in [3.05, 3.63) is 35.2 Å². The second-order valence-corrected chi connectivity index (χ2v) is 4.46. The zero-order valence-electron chi connectivity index (χ0n) is 8.00. The third kappa shape index (κ3) is 2.49. The average Bonchev–Trinajstić information content (AvgIpc) is 2.62. The van der Waals surface area contributed by atoms with Gasteiger partial charge < -0.3 is 5.32 Å². The second kappa shape index (κ2) is 4.64. The van der Waals surface area contributed by atoms with Gasteiger partial charge in [0.25, 0.3) is 0 Å². The summed E-state index contributed by atoms with van der Waals surface area (Å²) in [5.41, 5.74) is 1.26. The number of hydrogen-bond acceptors (Lipinski definition) is 2. The fraction of sp³-hybridized carbons (Fsp3) is 0.182. The number of carbonyl (C=O) groups is 1. The molecule has 4 heteroatoms. The Hall–Kier alpha value is -1.06. The predicted molar refractivity (Wildman–Crippen MR) is 64.8 cm³/mol. The number of amides is 1. The Morgan fingerprint density at radius 3 is 3.00 bits per heavy atom. The maximum absolute atomic E-state index is 10.5. The maximum Gasteiger partial charge on any atom is 0.313 e. The van der Waals surface area contributed by atoms with Crippen molar-refractivity contribution in [3.63, 3.8) is 0 Å². The molecule has 1 N–H and O–H groups in total. The van der Waals surface area contributed by atoms with Crippen LogP contribution in [0.4, 0.5) is 4.79 Å². The fourth-order valence-electron chi connectivity index (χ4n) is 1.52. The molecule has 2 aromatic rings. The van der Waals surface area contributed by atoms with Crippen molar-refractivity contribution in [2.45, 2.75) is 6.42 Å². The van der Waals surface area contributed by atoms with Crippen LogP contribution in [0.3, 0.4) is 0 Å². The molecule has 1 aromatic carbocycles. The summed E-state index contributed by atoms with van der Waals surface area (Å²) in [5.74, 6) is 0. The highest BCUT2D eigenvalue weighted by atomic mass is 35.5. The lowest BCUT2D eigenvalue weighted by atomic mass is 10.1. The van der Waals surface area contributed by atoms with Crippen LogP contribution in [-0.2, 0) is 6.42 Å². The molecule has 0 radical (unpaired) electrons. The smallest absolute Gasteiger partial charge is 0.313 e. The maximum atomic E-state index is 10.5. The number of hydrogen-bond donors (Lipinski definition) is 1. The minimum Gasteiger partial charge on any atom is -0.342 e. The quantitative estimate of drug-likeness (QED) is 0.646. The van der Waals surface area contributed by atoms with Crippen LogP contribution in [0.1, 0.15) is 5.56 Å². The number of rotatable bonds is 3. The lowest BCUT2D eigenvalue weighted by Crippen LogP contribution is -2.19. The summed E-state index contributed by atoms with van der Waals surface area (Å²) in [6, 6.07) is 8.26. The summed E-state index contributed by atoms with van der Waals surface area (Å²) >= 11 is 6.92. The van der Waals surface area contributed by atoms with E-state index in [2.05, 4.69) is 22.8 Å². The first-order chi connectivity index (χ1) is 7.27. The van der Waals surface area contributed by atoms with Crippen molar-refractivity contribution in [1.29, 1.82) is 0 Å². The van der Waals surface area contributed by atoms with Gasteiger partial charge in [0, 0.05) is 11.2 Å². The van der Waals surface area contributed by atoms with Crippen LogP contribution in [-0.4, -0.2) is 11.9 Å². The van der Waals surface area contributed by atoms with Crippen LogP contribution in [0.5, 0.6) is 0 Å². The number of fused-ring (bicyclic) bond motifs is 1. The molecule has 0 aliphatic rings. The Balaban J connectivity index is 2.11. The molecular formula is C11H10ClNOS. The van der Waals surface area contributed by atoms with E-state index in [1.165, 1.54) is 15.6 Å². The first-order valence-electron chi connectivity index (χ1n) is 4.66. The van der Waals surface area contributed by atoms with E-state index in [0.29, 0.717) is 6.54 Å². The molecule has 1 aromatic heterocycles. The molecule has 0 bridgehead atoms. The Kier molecular flexibility index (Phi) is 3.23. The molecule has 0 spiro atoms. The number of carbonyl (C=O) groups excluding carboxylic acids is 1. The van der Waals surface area contributed by atoms with Gasteiger partial charge in [-0.05, 0) is 40.4 Å². The largest absolute Gasteiger partial charge is 0.342 e. The van der Waals surface area contributed by atoms with Gasteiger partial charge in [-0.25, -0.2) is 0 Å². The van der Waals surface area contributed by atoms with Gasteiger partial charge in [-0.15, -0.1) is 11.3 Å². The summed E-state index contributed by atoms with van der Waals surface area (Å²) in [4.78, 5) is 10.5. The van der Waals surface area contributed by atoms with Crippen molar-refractivity contribution in [1.82, 2.24) is 5.32 Å². The molecule has 0 atom stereocenters. The average molecular weight is 240 g/mol. The molecule has 0 unspecified atom stereocenters. The molecule has 0 aliphatic carbocycles. The molecule has 15 heavy (non-hydrogen) atoms. The van der Waals surface area contributed by atoms with Crippen LogP contribution < -0.4 is 5.32 Å². The lowest BCUT2D eigenvalue weighted by molar-refractivity contribution is 0.260. The van der Waals surface area contributed by atoms with Gasteiger partial charge >= 0.3 is 5.37 Å². The summed E-state index contributed by atoms with van der Waals surface area (Å²) < 4.78 is 1.28. The van der Waals surface area contributed by atoms with Gasteiger partial charge in [0.2, 0.25) is 0 Å². The fourth-order valence-corrected chi connectivity index (χ4v) is 2.61. The minimum atomic E-state index is -0.491. The molecule has 0 fully saturated rings. The summed E-state index contributed by atoms with van der Waals surface area (Å²) in [6.07, 6.45) is 0.822. The monoisotopic (exact) mass is 239 g/mol. The zero-order valence-corrected chi connectivity index (χ0v) is 9.57. The van der Waals surface area contributed by atoms with Crippen molar-refractivity contribution in [2.75, 3.05) is 6.54 Å². The normalized spacial score (nSPS) is 10.5. The molecule has 0 saturated heterocycles. The molecule has 1 heterocycles. The van der Waals surface area contributed by atoms with Gasteiger partial charge in [0.15, 0.2) is 0 Å². The van der Waals surface area contributed by atoms with E-state index in [4.69, 9.17) is 11.6 Å². The highest BCUT2D eigenvalue weighted by Crippen LogP contribution is 2.25. The minimum absolute atomic E-state index is 0.491. The Labute approximate surface area is 96.9 Å². The molecule has 0 saturated carbocycles. The third-order valence-electron chi connectivity index (χ3n) is 2.22. The van der Waals surface area contributed by atoms with Crippen LogP contribution in [0.25, 0.3) is 10.1 Å². The van der Waals surface area contributed by atoms with Gasteiger partial charge in [-0.2, -0.15) is 0 Å². The zero-order chi connectivity index (χ0) is 10.7. The van der Waals surface area contributed by atoms with Crippen molar-refractivity contribution in [3.8, 4) is 0 Å². The number of halogens is 1. The van der Waals surface area contributed by atoms with Crippen molar-refractivity contribution < 1.29 is 4.79 Å². The van der Waals surface area contributed by atoms with Gasteiger partial charge in [0.05, 0.1) is 0 Å². The van der Waals surface area contributed by atoms with Crippen molar-refractivity contribution >= 4 is 38.4 Å². The molecule has 2 rings (SSSR count). The van der Waals surface area contributed by atoms with Gasteiger partial charge in [-0.1, -0.05) is 18.2 Å². The van der Waals surface area contributed by atoms with Crippen LogP contribution in [0, 0.1) is 0 Å². The third-order valence-corrected chi connectivity index (χ3v) is 3.37. The highest BCUT2D eigenvalue weighted by Gasteiger charge is 2.03. The SMILES string of the molecule is O=C(Cl)NCCc1csc2ccccc12. The Morgan fingerprint density at radius 1 is 1.40 bits per heavy atom. The summed E-state index contributed by atoms with van der Waals surface area (Å²) in [5, 5.41) is 5.49. The highest BCUT2D eigenvalue weighted by molar-refractivity contribution is 7.17. The van der Waals surface area contributed by atoms with E-state index in [1.807, 2.05) is 12.1 Å². The van der Waals surface area contributed by atoms with E-state index in [0.717, 1.165) is 6.42 Å². The van der Waals surface area contributed by atoms with Crippen LogP contribution in [0.15, 0.2) is 29.6 Å². The first kappa shape index (κ1) is 10.5. The van der Waals surface area contributed by atoms with Gasteiger partial charge in [0.1, 0.15) is 0 Å². The molecule has 0 aliphatic heterocycles. The lowest BCUT2D eigenvalue weighted by Gasteiger charge is -1.99. The van der Waals surface area contributed by atoms with Crippen LogP contribution in [0.2, 0.25) is 0 Å². The van der Waals surface area contributed by atoms with Crippen LogP contribution >= 0.6 is 22.9 Å². The van der Waals surface area contributed by atoms with Crippen molar-refractivity contribution in [2.24, 2.45) is 0 Å². The topological polar surface area (TPSA) is 29.1 Å². The first-order valence-corrected chi connectivity index (χ1v) is 5.91. The summed E-state index contributed by atoms with van der Waals surface area (Å²) in [6.45, 7) is 0.586. The number of benzene rings is 1. The Bertz CT molecular complexity index is 480. The van der Waals surface area contributed by atoms with E-state index in [9.17, 15) is 4.79 Å². The molecule has 1 amide bonds. The summed E-state index contributed by atoms with van der Waals surface area (Å²) in [7, 11) is 0. The number of nitrogens with one attached hydrogen (secondary N) is 1. The molecule has 78 valence electrons. The van der Waals surface area contributed by atoms with E-state index < -0.39 is 5.37 Å². The predicted octanol–water partition coefficient (Wildman–Crippen LogP) is 3.39.